The number of hydrogen-bond donors (Lipinski definition) is 1. The lowest BCUT2D eigenvalue weighted by atomic mass is 9.82. The molecule has 2 aromatic carbocycles. The highest BCUT2D eigenvalue weighted by atomic mass is 19.4. The van der Waals surface area contributed by atoms with Crippen LogP contribution in [0.4, 0.5) is 13.2 Å². The lowest BCUT2D eigenvalue weighted by Gasteiger charge is -2.30. The van der Waals surface area contributed by atoms with Crippen LogP contribution >= 0.6 is 0 Å². The first kappa shape index (κ1) is 21.0. The van der Waals surface area contributed by atoms with Crippen molar-refractivity contribution in [3.05, 3.63) is 59.2 Å². The maximum atomic E-state index is 12.7. The summed E-state index contributed by atoms with van der Waals surface area (Å²) in [6, 6.07) is 10.7. The highest BCUT2D eigenvalue weighted by molar-refractivity contribution is 5.80. The SMILES string of the molecule is CCOc1cc([C@H]2CNC(=O)C(Cc3ccc(C(F)(F)F)cc3)C2)ccc1OC. The van der Waals surface area contributed by atoms with Gasteiger partial charge < -0.3 is 14.8 Å². The van der Waals surface area contributed by atoms with Crippen LogP contribution in [0.1, 0.15) is 36.0 Å². The third kappa shape index (κ3) is 5.02. The molecule has 1 aliphatic rings. The lowest BCUT2D eigenvalue weighted by Crippen LogP contribution is -2.41. The van der Waals surface area contributed by atoms with Gasteiger partial charge in [0.15, 0.2) is 11.5 Å². The normalized spacial score (nSPS) is 19.6. The summed E-state index contributed by atoms with van der Waals surface area (Å²) in [6.45, 7) is 2.92. The van der Waals surface area contributed by atoms with Crippen molar-refractivity contribution in [1.82, 2.24) is 5.32 Å². The molecule has 4 nitrogen and oxygen atoms in total. The Hall–Kier alpha value is -2.70. The molecule has 0 aromatic heterocycles. The summed E-state index contributed by atoms with van der Waals surface area (Å²) in [5.41, 5.74) is 1.06. The molecule has 0 spiro atoms. The monoisotopic (exact) mass is 407 g/mol. The van der Waals surface area contributed by atoms with Gasteiger partial charge in [-0.15, -0.1) is 0 Å². The highest BCUT2D eigenvalue weighted by Gasteiger charge is 2.32. The van der Waals surface area contributed by atoms with E-state index in [9.17, 15) is 18.0 Å². The van der Waals surface area contributed by atoms with Crippen LogP contribution in [0, 0.1) is 5.92 Å². The minimum absolute atomic E-state index is 0.0697. The van der Waals surface area contributed by atoms with E-state index in [1.165, 1.54) is 12.1 Å². The van der Waals surface area contributed by atoms with E-state index in [1.807, 2.05) is 25.1 Å². The van der Waals surface area contributed by atoms with Crippen LogP contribution in [0.5, 0.6) is 11.5 Å². The number of amides is 1. The molecule has 1 heterocycles. The second-order valence-corrected chi connectivity index (χ2v) is 7.12. The van der Waals surface area contributed by atoms with Gasteiger partial charge in [0.25, 0.3) is 0 Å². The number of piperidine rings is 1. The van der Waals surface area contributed by atoms with E-state index in [-0.39, 0.29) is 17.7 Å². The topological polar surface area (TPSA) is 47.6 Å². The van der Waals surface area contributed by atoms with Gasteiger partial charge in [-0.2, -0.15) is 13.2 Å². The summed E-state index contributed by atoms with van der Waals surface area (Å²) in [7, 11) is 1.58. The van der Waals surface area contributed by atoms with E-state index in [4.69, 9.17) is 9.47 Å². The molecule has 7 heteroatoms. The Labute approximate surface area is 168 Å². The minimum Gasteiger partial charge on any atom is -0.493 e. The number of ether oxygens (including phenoxy) is 2. The fourth-order valence-electron chi connectivity index (χ4n) is 3.66. The van der Waals surface area contributed by atoms with Gasteiger partial charge in [-0.05, 0) is 55.2 Å². The number of rotatable bonds is 6. The van der Waals surface area contributed by atoms with Crippen LogP contribution < -0.4 is 14.8 Å². The fraction of sp³-hybridized carbons (Fsp3) is 0.409. The van der Waals surface area contributed by atoms with E-state index in [0.717, 1.165) is 17.7 Å². The van der Waals surface area contributed by atoms with Crippen molar-refractivity contribution in [2.45, 2.75) is 31.9 Å². The van der Waals surface area contributed by atoms with Crippen LogP contribution in [-0.2, 0) is 17.4 Å². The number of nitrogens with one attached hydrogen (secondary N) is 1. The first-order valence-electron chi connectivity index (χ1n) is 9.56. The molecule has 1 saturated heterocycles. The van der Waals surface area contributed by atoms with Gasteiger partial charge in [-0.1, -0.05) is 18.2 Å². The Kier molecular flexibility index (Phi) is 6.35. The van der Waals surface area contributed by atoms with Crippen molar-refractivity contribution >= 4 is 5.91 Å². The Bertz CT molecular complexity index is 849. The number of hydrogen-bond acceptors (Lipinski definition) is 3. The summed E-state index contributed by atoms with van der Waals surface area (Å²) < 4.78 is 49.2. The van der Waals surface area contributed by atoms with Crippen molar-refractivity contribution in [2.24, 2.45) is 5.92 Å². The predicted molar refractivity (Wildman–Crippen MR) is 103 cm³/mol. The van der Waals surface area contributed by atoms with Gasteiger partial charge >= 0.3 is 6.18 Å². The van der Waals surface area contributed by atoms with Gasteiger partial charge in [0.05, 0.1) is 19.3 Å². The smallest absolute Gasteiger partial charge is 0.416 e. The van der Waals surface area contributed by atoms with E-state index in [2.05, 4.69) is 5.32 Å². The third-order valence-corrected chi connectivity index (χ3v) is 5.18. The molecular weight excluding hydrogens is 383 g/mol. The molecule has 1 fully saturated rings. The number of carbonyl (C=O) groups excluding carboxylic acids is 1. The Balaban J connectivity index is 1.74. The van der Waals surface area contributed by atoms with Crippen LogP contribution in [0.15, 0.2) is 42.5 Å². The Morgan fingerprint density at radius 2 is 1.83 bits per heavy atom. The average Bonchev–Trinajstić information content (AvgIpc) is 2.69. The lowest BCUT2D eigenvalue weighted by molar-refractivity contribution is -0.137. The first-order valence-corrected chi connectivity index (χ1v) is 9.56. The van der Waals surface area contributed by atoms with Crippen LogP contribution in [0.25, 0.3) is 0 Å². The highest BCUT2D eigenvalue weighted by Crippen LogP contribution is 2.35. The molecule has 3 rings (SSSR count). The van der Waals surface area contributed by atoms with Crippen LogP contribution in [-0.4, -0.2) is 26.2 Å². The minimum atomic E-state index is -4.36. The van der Waals surface area contributed by atoms with Gasteiger partial charge in [-0.3, -0.25) is 4.79 Å². The summed E-state index contributed by atoms with van der Waals surface area (Å²) >= 11 is 0. The molecule has 0 saturated carbocycles. The molecule has 2 atom stereocenters. The second-order valence-electron chi connectivity index (χ2n) is 7.12. The largest absolute Gasteiger partial charge is 0.493 e. The fourth-order valence-corrected chi connectivity index (χ4v) is 3.66. The van der Waals surface area contributed by atoms with Gasteiger partial charge in [0.2, 0.25) is 5.91 Å². The quantitative estimate of drug-likeness (QED) is 0.763. The molecule has 1 aliphatic heterocycles. The Morgan fingerprint density at radius 1 is 1.10 bits per heavy atom. The van der Waals surface area contributed by atoms with Crippen LogP contribution in [0.3, 0.4) is 0 Å². The number of alkyl halides is 3. The van der Waals surface area contributed by atoms with Crippen molar-refractivity contribution in [3.8, 4) is 11.5 Å². The molecule has 0 aliphatic carbocycles. The summed E-state index contributed by atoms with van der Waals surface area (Å²) in [4.78, 5) is 12.3. The van der Waals surface area contributed by atoms with Crippen molar-refractivity contribution in [3.63, 3.8) is 0 Å². The molecule has 0 radical (unpaired) electrons. The summed E-state index contributed by atoms with van der Waals surface area (Å²) in [5, 5.41) is 2.93. The van der Waals surface area contributed by atoms with E-state index < -0.39 is 11.7 Å². The third-order valence-electron chi connectivity index (χ3n) is 5.18. The standard InChI is InChI=1S/C22H24F3NO3/c1-3-29-20-12-15(6-9-19(20)28-2)17-11-16(21(27)26-13-17)10-14-4-7-18(8-5-14)22(23,24)25/h4-9,12,16-17H,3,10-11,13H2,1-2H3,(H,26,27)/t16?,17-/m1/s1. The number of methoxy groups -OCH3 is 1. The number of carbonyl (C=O) groups is 1. The molecular formula is C22H24F3NO3. The number of halogens is 3. The molecule has 0 bridgehead atoms. The molecule has 2 aromatic rings. The van der Waals surface area contributed by atoms with Crippen molar-refractivity contribution < 1.29 is 27.4 Å². The average molecular weight is 407 g/mol. The molecule has 29 heavy (non-hydrogen) atoms. The Morgan fingerprint density at radius 3 is 2.45 bits per heavy atom. The van der Waals surface area contributed by atoms with Gasteiger partial charge in [0.1, 0.15) is 0 Å². The zero-order valence-electron chi connectivity index (χ0n) is 16.4. The zero-order chi connectivity index (χ0) is 21.0. The molecule has 1 unspecified atom stereocenters. The summed E-state index contributed by atoms with van der Waals surface area (Å²) in [5.74, 6) is 1.03. The van der Waals surface area contributed by atoms with Crippen molar-refractivity contribution in [1.29, 1.82) is 0 Å². The van der Waals surface area contributed by atoms with Crippen molar-refractivity contribution in [2.75, 3.05) is 20.3 Å². The zero-order valence-corrected chi connectivity index (χ0v) is 16.4. The predicted octanol–water partition coefficient (Wildman–Crippen LogP) is 4.58. The van der Waals surface area contributed by atoms with Gasteiger partial charge in [0, 0.05) is 18.4 Å². The molecule has 156 valence electrons. The number of benzene rings is 2. The first-order chi connectivity index (χ1) is 13.8. The summed E-state index contributed by atoms with van der Waals surface area (Å²) in [6.07, 6.45) is -3.35. The molecule has 1 amide bonds. The maximum Gasteiger partial charge on any atom is 0.416 e. The molecule has 1 N–H and O–H groups in total. The maximum absolute atomic E-state index is 12.7. The van der Waals surface area contributed by atoms with E-state index in [1.54, 1.807) is 7.11 Å². The van der Waals surface area contributed by atoms with E-state index >= 15 is 0 Å². The second kappa shape index (κ2) is 8.76. The van der Waals surface area contributed by atoms with Gasteiger partial charge in [-0.25, -0.2) is 0 Å². The van der Waals surface area contributed by atoms with E-state index in [0.29, 0.717) is 43.1 Å². The van der Waals surface area contributed by atoms with Crippen LogP contribution in [0.2, 0.25) is 0 Å².